The molecule has 1 aromatic carbocycles. The number of sulfone groups is 1. The lowest BCUT2D eigenvalue weighted by Gasteiger charge is -2.17. The van der Waals surface area contributed by atoms with Crippen LogP contribution in [0.4, 0.5) is 5.69 Å². The Morgan fingerprint density at radius 2 is 1.94 bits per heavy atom. The van der Waals surface area contributed by atoms with E-state index in [0.29, 0.717) is 12.2 Å². The van der Waals surface area contributed by atoms with Crippen molar-refractivity contribution in [2.24, 2.45) is 0 Å². The maximum absolute atomic E-state index is 11.6. The average molecular weight is 256 g/mol. The van der Waals surface area contributed by atoms with Gasteiger partial charge in [-0.05, 0) is 11.6 Å². The molecule has 0 saturated heterocycles. The third kappa shape index (κ3) is 4.44. The number of anilines is 1. The minimum atomic E-state index is -3.29. The average Bonchev–Trinajstić information content (AvgIpc) is 2.18. The van der Waals surface area contributed by atoms with E-state index < -0.39 is 21.5 Å². The number of rotatable bonds is 4. The number of nitrogen functional groups attached to an aromatic ring is 1. The summed E-state index contributed by atoms with van der Waals surface area (Å²) >= 11 is 0. The van der Waals surface area contributed by atoms with E-state index >= 15 is 0 Å². The number of hydrogen-bond donors (Lipinski definition) is 1. The van der Waals surface area contributed by atoms with Crippen LogP contribution in [-0.2, 0) is 21.2 Å². The fourth-order valence-corrected chi connectivity index (χ4v) is 2.03. The molecule has 0 heterocycles. The molecule has 0 radical (unpaired) electrons. The third-order valence-electron chi connectivity index (χ3n) is 2.27. The lowest BCUT2D eigenvalue weighted by molar-refractivity contribution is -0.127. The molecular weight excluding hydrogens is 240 g/mol. The van der Waals surface area contributed by atoms with Crippen LogP contribution in [0.2, 0.25) is 0 Å². The Balaban J connectivity index is 2.70. The Bertz CT molecular complexity index is 511. The van der Waals surface area contributed by atoms with E-state index in [2.05, 4.69) is 0 Å². The fraction of sp³-hybridized carbons (Fsp3) is 0.364. The van der Waals surface area contributed by atoms with Gasteiger partial charge in [-0.25, -0.2) is 8.42 Å². The van der Waals surface area contributed by atoms with Gasteiger partial charge in [0.25, 0.3) is 0 Å². The smallest absolute Gasteiger partial charge is 0.237 e. The number of amides is 1. The van der Waals surface area contributed by atoms with Crippen molar-refractivity contribution in [3.63, 3.8) is 0 Å². The van der Waals surface area contributed by atoms with Crippen molar-refractivity contribution in [2.45, 2.75) is 6.54 Å². The summed E-state index contributed by atoms with van der Waals surface area (Å²) in [4.78, 5) is 12.9. The first-order valence-electron chi connectivity index (χ1n) is 5.04. The predicted octanol–water partition coefficient (Wildman–Crippen LogP) is 0.272. The molecule has 0 atom stereocenters. The summed E-state index contributed by atoms with van der Waals surface area (Å²) in [5.41, 5.74) is 7.13. The van der Waals surface area contributed by atoms with Crippen molar-refractivity contribution in [1.29, 1.82) is 0 Å². The first-order chi connectivity index (χ1) is 7.79. The van der Waals surface area contributed by atoms with Gasteiger partial charge in [-0.2, -0.15) is 0 Å². The molecule has 1 amide bonds. The zero-order valence-electron chi connectivity index (χ0n) is 9.88. The highest BCUT2D eigenvalue weighted by molar-refractivity contribution is 7.91. The second-order valence-corrected chi connectivity index (χ2v) is 6.16. The Hall–Kier alpha value is -1.56. The Morgan fingerprint density at radius 3 is 2.47 bits per heavy atom. The SMILES string of the molecule is CN(Cc1ccccc1N)C(=O)CS(C)(=O)=O. The molecule has 2 N–H and O–H groups in total. The number of para-hydroxylation sites is 1. The summed E-state index contributed by atoms with van der Waals surface area (Å²) in [5.74, 6) is -0.910. The number of carbonyl (C=O) groups excluding carboxylic acids is 1. The number of carbonyl (C=O) groups is 1. The van der Waals surface area contributed by atoms with Gasteiger partial charge in [0, 0.05) is 25.5 Å². The van der Waals surface area contributed by atoms with Gasteiger partial charge in [0.15, 0.2) is 9.84 Å². The lowest BCUT2D eigenvalue weighted by Crippen LogP contribution is -2.31. The molecule has 5 nitrogen and oxygen atoms in total. The van der Waals surface area contributed by atoms with Crippen molar-refractivity contribution in [3.05, 3.63) is 29.8 Å². The molecule has 0 bridgehead atoms. The van der Waals surface area contributed by atoms with Gasteiger partial charge in [0.2, 0.25) is 5.91 Å². The van der Waals surface area contributed by atoms with E-state index in [1.165, 1.54) is 4.90 Å². The van der Waals surface area contributed by atoms with E-state index in [4.69, 9.17) is 5.73 Å². The van der Waals surface area contributed by atoms with Crippen LogP contribution < -0.4 is 5.73 Å². The van der Waals surface area contributed by atoms with Gasteiger partial charge in [-0.15, -0.1) is 0 Å². The van der Waals surface area contributed by atoms with Crippen LogP contribution in [0.15, 0.2) is 24.3 Å². The third-order valence-corrected chi connectivity index (χ3v) is 3.05. The summed E-state index contributed by atoms with van der Waals surface area (Å²) in [5, 5.41) is 0. The van der Waals surface area contributed by atoms with Crippen LogP contribution in [0.25, 0.3) is 0 Å². The molecule has 0 aliphatic carbocycles. The van der Waals surface area contributed by atoms with Crippen LogP contribution in [0.3, 0.4) is 0 Å². The highest BCUT2D eigenvalue weighted by Crippen LogP contribution is 2.12. The molecule has 17 heavy (non-hydrogen) atoms. The maximum atomic E-state index is 11.6. The van der Waals surface area contributed by atoms with E-state index in [9.17, 15) is 13.2 Å². The summed E-state index contributed by atoms with van der Waals surface area (Å²) < 4.78 is 22.0. The molecule has 0 aliphatic heterocycles. The first-order valence-corrected chi connectivity index (χ1v) is 7.11. The van der Waals surface area contributed by atoms with Crippen LogP contribution in [0, 0.1) is 0 Å². The second-order valence-electron chi connectivity index (χ2n) is 4.02. The summed E-state index contributed by atoms with van der Waals surface area (Å²) in [6.07, 6.45) is 1.04. The molecule has 0 fully saturated rings. The van der Waals surface area contributed by atoms with Crippen molar-refractivity contribution in [2.75, 3.05) is 24.8 Å². The highest BCUT2D eigenvalue weighted by Gasteiger charge is 2.15. The van der Waals surface area contributed by atoms with E-state index in [0.717, 1.165) is 11.8 Å². The van der Waals surface area contributed by atoms with Gasteiger partial charge in [-0.3, -0.25) is 4.79 Å². The Morgan fingerprint density at radius 1 is 1.35 bits per heavy atom. The maximum Gasteiger partial charge on any atom is 0.237 e. The van der Waals surface area contributed by atoms with Crippen LogP contribution in [0.5, 0.6) is 0 Å². The summed E-state index contributed by atoms with van der Waals surface area (Å²) in [6.45, 7) is 0.307. The quantitative estimate of drug-likeness (QED) is 0.784. The molecule has 0 aromatic heterocycles. The van der Waals surface area contributed by atoms with Gasteiger partial charge >= 0.3 is 0 Å². The molecule has 1 aromatic rings. The second kappa shape index (κ2) is 5.18. The number of nitrogens with two attached hydrogens (primary N) is 1. The minimum Gasteiger partial charge on any atom is -0.398 e. The van der Waals surface area contributed by atoms with E-state index in [-0.39, 0.29) is 0 Å². The normalized spacial score (nSPS) is 11.2. The number of nitrogens with zero attached hydrogens (tertiary/aromatic N) is 1. The molecule has 0 spiro atoms. The van der Waals surface area contributed by atoms with Crippen molar-refractivity contribution in [3.8, 4) is 0 Å². The standard InChI is InChI=1S/C11H16N2O3S/c1-13(11(14)8-17(2,15)16)7-9-5-3-4-6-10(9)12/h3-6H,7-8,12H2,1-2H3. The zero-order chi connectivity index (χ0) is 13.1. The zero-order valence-corrected chi connectivity index (χ0v) is 10.7. The Kier molecular flexibility index (Phi) is 4.11. The lowest BCUT2D eigenvalue weighted by atomic mass is 10.2. The number of benzene rings is 1. The van der Waals surface area contributed by atoms with E-state index in [1.54, 1.807) is 25.2 Å². The summed E-state index contributed by atoms with van der Waals surface area (Å²) in [6, 6.07) is 7.17. The molecule has 1 rings (SSSR count). The first kappa shape index (κ1) is 13.5. The van der Waals surface area contributed by atoms with Gasteiger partial charge in [0.05, 0.1) is 0 Å². The number of hydrogen-bond acceptors (Lipinski definition) is 4. The van der Waals surface area contributed by atoms with Crippen molar-refractivity contribution >= 4 is 21.4 Å². The van der Waals surface area contributed by atoms with Crippen LogP contribution in [-0.4, -0.2) is 38.3 Å². The predicted molar refractivity (Wildman–Crippen MR) is 67.0 cm³/mol. The van der Waals surface area contributed by atoms with Crippen LogP contribution in [0.1, 0.15) is 5.56 Å². The summed E-state index contributed by atoms with van der Waals surface area (Å²) in [7, 11) is -1.74. The van der Waals surface area contributed by atoms with Crippen molar-refractivity contribution in [1.82, 2.24) is 4.90 Å². The van der Waals surface area contributed by atoms with Crippen molar-refractivity contribution < 1.29 is 13.2 Å². The Labute approximate surface area is 101 Å². The molecule has 94 valence electrons. The monoisotopic (exact) mass is 256 g/mol. The minimum absolute atomic E-state index is 0.307. The largest absolute Gasteiger partial charge is 0.398 e. The topological polar surface area (TPSA) is 80.5 Å². The molecule has 0 aliphatic rings. The highest BCUT2D eigenvalue weighted by atomic mass is 32.2. The molecule has 0 unspecified atom stereocenters. The molecule has 0 saturated carbocycles. The van der Waals surface area contributed by atoms with Gasteiger partial charge in [0.1, 0.15) is 5.75 Å². The van der Waals surface area contributed by atoms with Gasteiger partial charge < -0.3 is 10.6 Å². The fourth-order valence-electron chi connectivity index (χ4n) is 1.36. The molecule has 6 heteroatoms. The van der Waals surface area contributed by atoms with E-state index in [1.807, 2.05) is 6.07 Å². The molecular formula is C11H16N2O3S. The van der Waals surface area contributed by atoms with Crippen LogP contribution >= 0.6 is 0 Å². The van der Waals surface area contributed by atoms with Gasteiger partial charge in [-0.1, -0.05) is 18.2 Å².